The maximum absolute atomic E-state index is 6.44. The standard InChI is InChI=1S/C54H48N10O7.C2H7P/c1-65-41-13-5-33(6-14-41)31-69-45-17-9-35(21-47(45)67-3)29-63-51-43(61-53(63)55)23-39(27-59-51)37-11-19-49(57-25-37)71-50-20-12-38(26-58-50)40-24-44-52(60-28-40)64(54(56)62-44)30-36-10-18-46(48(22-36)68-4)70-32-34-7-15-42(66-2)16-8-34;1-3-2/h5-28H,29-32H2,1-4H3,(H2,55,61)(H2,56,62);3H,1-2H3. The Labute approximate surface area is 429 Å². The summed E-state index contributed by atoms with van der Waals surface area (Å²) < 4.78 is 43.8. The van der Waals surface area contributed by atoms with E-state index in [4.69, 9.17) is 54.6 Å². The van der Waals surface area contributed by atoms with Crippen molar-refractivity contribution in [3.05, 3.63) is 168 Å². The van der Waals surface area contributed by atoms with Gasteiger partial charge in [0.1, 0.15) is 35.7 Å². The highest BCUT2D eigenvalue weighted by Crippen LogP contribution is 2.34. The van der Waals surface area contributed by atoms with Gasteiger partial charge in [0.2, 0.25) is 23.7 Å². The van der Waals surface area contributed by atoms with Gasteiger partial charge < -0.3 is 44.6 Å². The topological polar surface area (TPSA) is 204 Å². The van der Waals surface area contributed by atoms with E-state index in [1.807, 2.05) is 118 Å². The molecule has 74 heavy (non-hydrogen) atoms. The van der Waals surface area contributed by atoms with Crippen LogP contribution in [0.3, 0.4) is 0 Å². The van der Waals surface area contributed by atoms with Crippen LogP contribution in [0.25, 0.3) is 44.6 Å². The number of nitrogens with two attached hydrogens (primary N) is 2. The number of fused-ring (bicyclic) bond motifs is 2. The molecule has 0 unspecified atom stereocenters. The average molecular weight is 1010 g/mol. The zero-order chi connectivity index (χ0) is 51.6. The van der Waals surface area contributed by atoms with Crippen molar-refractivity contribution in [1.29, 1.82) is 0 Å². The highest BCUT2D eigenvalue weighted by molar-refractivity contribution is 7.35. The quantitative estimate of drug-likeness (QED) is 0.0768. The lowest BCUT2D eigenvalue weighted by Crippen LogP contribution is -2.06. The first kappa shape index (κ1) is 50.0. The number of aromatic nitrogens is 8. The van der Waals surface area contributed by atoms with Crippen molar-refractivity contribution in [2.75, 3.05) is 53.2 Å². The van der Waals surface area contributed by atoms with E-state index in [2.05, 4.69) is 33.3 Å². The molecule has 376 valence electrons. The van der Waals surface area contributed by atoms with E-state index < -0.39 is 0 Å². The van der Waals surface area contributed by atoms with Crippen LogP contribution in [0.5, 0.6) is 46.3 Å². The fourth-order valence-corrected chi connectivity index (χ4v) is 8.00. The minimum Gasteiger partial charge on any atom is -0.497 e. The molecule has 0 aliphatic rings. The minimum absolute atomic E-state index is 0.338. The summed E-state index contributed by atoms with van der Waals surface area (Å²) in [6, 6.07) is 38.3. The Morgan fingerprint density at radius 3 is 1.19 bits per heavy atom. The summed E-state index contributed by atoms with van der Waals surface area (Å²) in [5, 5.41) is 0. The highest BCUT2D eigenvalue weighted by atomic mass is 31.1. The third-order valence-electron chi connectivity index (χ3n) is 11.8. The van der Waals surface area contributed by atoms with Crippen molar-refractivity contribution in [3.63, 3.8) is 0 Å². The Morgan fingerprint density at radius 2 is 0.824 bits per heavy atom. The zero-order valence-electron chi connectivity index (χ0n) is 41.8. The molecule has 10 aromatic rings. The Kier molecular flexibility index (Phi) is 15.6. The number of anilines is 2. The van der Waals surface area contributed by atoms with Crippen molar-refractivity contribution < 1.29 is 33.2 Å². The van der Waals surface area contributed by atoms with Gasteiger partial charge in [-0.05, 0) is 108 Å². The highest BCUT2D eigenvalue weighted by Gasteiger charge is 2.17. The molecule has 0 amide bonds. The molecule has 0 aliphatic carbocycles. The van der Waals surface area contributed by atoms with Crippen molar-refractivity contribution in [2.45, 2.75) is 26.3 Å². The molecule has 4 aromatic carbocycles. The molecule has 0 saturated carbocycles. The number of nitrogen functional groups attached to an aromatic ring is 2. The van der Waals surface area contributed by atoms with Gasteiger partial charge in [-0.25, -0.2) is 29.9 Å². The second-order valence-electron chi connectivity index (χ2n) is 16.9. The van der Waals surface area contributed by atoms with Gasteiger partial charge in [-0.2, -0.15) is 0 Å². The molecule has 0 spiro atoms. The minimum atomic E-state index is 0.338. The molecule has 0 saturated heterocycles. The second-order valence-corrected chi connectivity index (χ2v) is 17.9. The summed E-state index contributed by atoms with van der Waals surface area (Å²) in [6.07, 6.45) is 6.98. The lowest BCUT2D eigenvalue weighted by atomic mass is 10.1. The number of pyridine rings is 4. The summed E-state index contributed by atoms with van der Waals surface area (Å²) in [5.74, 6) is 5.48. The van der Waals surface area contributed by atoms with E-state index in [1.54, 1.807) is 65.4 Å². The van der Waals surface area contributed by atoms with Crippen molar-refractivity contribution in [2.24, 2.45) is 0 Å². The molecule has 0 radical (unpaired) electrons. The molecule has 0 fully saturated rings. The van der Waals surface area contributed by atoms with Crippen LogP contribution in [-0.2, 0) is 26.3 Å². The van der Waals surface area contributed by atoms with Crippen LogP contribution in [0.1, 0.15) is 22.3 Å². The Balaban J connectivity index is 0.00000219. The molecule has 0 aliphatic heterocycles. The Bertz CT molecular complexity index is 3270. The summed E-state index contributed by atoms with van der Waals surface area (Å²) in [5.41, 5.74) is 22.7. The van der Waals surface area contributed by atoms with Crippen LogP contribution in [0, 0.1) is 0 Å². The Morgan fingerprint density at radius 1 is 0.432 bits per heavy atom. The van der Waals surface area contributed by atoms with Crippen molar-refractivity contribution >= 4 is 42.8 Å². The molecule has 0 atom stereocenters. The first-order valence-corrected chi connectivity index (χ1v) is 25.4. The summed E-state index contributed by atoms with van der Waals surface area (Å²) in [6.45, 7) is 5.92. The SMILES string of the molecule is COc1ccc(COc2ccc(Cn3c(N)nc4cc(-c5ccc(Oc6ccc(-c7cnc8c(c7)nc(N)n8Cc7ccc(OCc8ccc(OC)cc8)c(OC)c7)cn6)nc5)cnc43)cc2OC)cc1.CPC. The third-order valence-corrected chi connectivity index (χ3v) is 11.8. The summed E-state index contributed by atoms with van der Waals surface area (Å²) >= 11 is 0. The van der Waals surface area contributed by atoms with E-state index in [0.29, 0.717) is 95.3 Å². The van der Waals surface area contributed by atoms with Gasteiger partial charge >= 0.3 is 0 Å². The van der Waals surface area contributed by atoms with Crippen LogP contribution in [0.15, 0.2) is 146 Å². The van der Waals surface area contributed by atoms with Gasteiger partial charge in [0, 0.05) is 59.2 Å². The molecular formula is C56H55N10O7P. The summed E-state index contributed by atoms with van der Waals surface area (Å²) in [7, 11) is 7.60. The average Bonchev–Trinajstić information content (AvgIpc) is 3.92. The number of rotatable bonds is 18. The second kappa shape index (κ2) is 23.1. The summed E-state index contributed by atoms with van der Waals surface area (Å²) in [4.78, 5) is 27.9. The van der Waals surface area contributed by atoms with E-state index in [9.17, 15) is 0 Å². The molecule has 10 rings (SSSR count). The van der Waals surface area contributed by atoms with Crippen LogP contribution >= 0.6 is 8.58 Å². The van der Waals surface area contributed by atoms with E-state index in [0.717, 1.165) is 64.6 Å². The first-order valence-electron chi connectivity index (χ1n) is 23.4. The Hall–Kier alpha value is -8.95. The fraction of sp³-hybridized carbons (Fsp3) is 0.179. The predicted octanol–water partition coefficient (Wildman–Crippen LogP) is 10.5. The lowest BCUT2D eigenvalue weighted by molar-refractivity contribution is 0.284. The van der Waals surface area contributed by atoms with Crippen LogP contribution in [-0.4, -0.2) is 80.8 Å². The van der Waals surface area contributed by atoms with Crippen LogP contribution < -0.4 is 44.6 Å². The van der Waals surface area contributed by atoms with Gasteiger partial charge in [0.25, 0.3) is 0 Å². The van der Waals surface area contributed by atoms with Crippen LogP contribution in [0.4, 0.5) is 11.9 Å². The number of hydrogen-bond acceptors (Lipinski definition) is 15. The number of methoxy groups -OCH3 is 4. The number of benzene rings is 4. The predicted molar refractivity (Wildman–Crippen MR) is 289 cm³/mol. The van der Waals surface area contributed by atoms with E-state index in [1.165, 1.54) is 0 Å². The molecule has 6 aromatic heterocycles. The molecule has 0 bridgehead atoms. The van der Waals surface area contributed by atoms with Gasteiger partial charge in [-0.1, -0.05) is 36.4 Å². The number of hydrogen-bond donors (Lipinski definition) is 2. The molecular weight excluding hydrogens is 956 g/mol. The number of imidazole rings is 2. The van der Waals surface area contributed by atoms with Gasteiger partial charge in [-0.3, -0.25) is 9.13 Å². The third kappa shape index (κ3) is 11.5. The maximum atomic E-state index is 6.44. The lowest BCUT2D eigenvalue weighted by Gasteiger charge is -2.13. The first-order chi connectivity index (χ1) is 36.1. The smallest absolute Gasteiger partial charge is 0.221 e. The van der Waals surface area contributed by atoms with Crippen molar-refractivity contribution in [3.8, 4) is 68.5 Å². The van der Waals surface area contributed by atoms with Gasteiger partial charge in [0.05, 0.1) is 41.5 Å². The number of ether oxygens (including phenoxy) is 7. The zero-order valence-corrected chi connectivity index (χ0v) is 42.8. The monoisotopic (exact) mass is 1010 g/mol. The van der Waals surface area contributed by atoms with Crippen LogP contribution in [0.2, 0.25) is 0 Å². The molecule has 17 nitrogen and oxygen atoms in total. The largest absolute Gasteiger partial charge is 0.497 e. The number of nitrogens with zero attached hydrogens (tertiary/aromatic N) is 8. The fourth-order valence-electron chi connectivity index (χ4n) is 8.00. The van der Waals surface area contributed by atoms with Gasteiger partial charge in [0.15, 0.2) is 34.3 Å². The van der Waals surface area contributed by atoms with Crippen molar-refractivity contribution in [1.82, 2.24) is 39.0 Å². The molecule has 4 N–H and O–H groups in total. The van der Waals surface area contributed by atoms with Gasteiger partial charge in [-0.15, -0.1) is 8.58 Å². The van der Waals surface area contributed by atoms with E-state index >= 15 is 0 Å². The normalized spacial score (nSPS) is 10.9. The molecule has 6 heterocycles. The molecule has 18 heteroatoms. The maximum Gasteiger partial charge on any atom is 0.221 e. The van der Waals surface area contributed by atoms with E-state index in [-0.39, 0.29) is 0 Å².